The fourth-order valence-electron chi connectivity index (χ4n) is 5.39. The van der Waals surface area contributed by atoms with E-state index in [1.807, 2.05) is 0 Å². The van der Waals surface area contributed by atoms with Gasteiger partial charge in [0.05, 0.1) is 17.6 Å². The maximum Gasteiger partial charge on any atom is 0.252 e. The Morgan fingerprint density at radius 3 is 2.74 bits per heavy atom. The van der Waals surface area contributed by atoms with Crippen molar-refractivity contribution >= 4 is 22.2 Å². The molecule has 7 nitrogen and oxygen atoms in total. The minimum absolute atomic E-state index is 0.0175. The van der Waals surface area contributed by atoms with E-state index in [1.165, 1.54) is 29.7 Å². The number of fused-ring (bicyclic) bond motifs is 1. The molecule has 4 aromatic rings. The van der Waals surface area contributed by atoms with E-state index in [0.717, 1.165) is 53.7 Å². The number of pyridine rings is 1. The molecule has 184 valence electrons. The Bertz CT molecular complexity index is 1340. The van der Waals surface area contributed by atoms with E-state index < -0.39 is 0 Å². The van der Waals surface area contributed by atoms with Crippen molar-refractivity contribution in [2.75, 3.05) is 0 Å². The van der Waals surface area contributed by atoms with Crippen LogP contribution in [0.25, 0.3) is 10.9 Å². The zero-order valence-electron chi connectivity index (χ0n) is 20.8. The third-order valence-corrected chi connectivity index (χ3v) is 8.37. The number of nitrogens with one attached hydrogen (secondary N) is 1. The Hall–Kier alpha value is -2.84. The van der Waals surface area contributed by atoms with Crippen molar-refractivity contribution < 1.29 is 0 Å². The summed E-state index contributed by atoms with van der Waals surface area (Å²) in [6, 6.07) is 10.9. The largest absolute Gasteiger partial charge is 0.321 e. The highest BCUT2D eigenvalue weighted by atomic mass is 32.1. The number of hydrogen-bond donors (Lipinski definition) is 1. The van der Waals surface area contributed by atoms with Gasteiger partial charge in [0.2, 0.25) is 0 Å². The van der Waals surface area contributed by atoms with Crippen molar-refractivity contribution in [2.24, 2.45) is 0 Å². The zero-order chi connectivity index (χ0) is 24.4. The van der Waals surface area contributed by atoms with Crippen LogP contribution in [0.3, 0.4) is 0 Å². The summed E-state index contributed by atoms with van der Waals surface area (Å²) in [5.41, 5.74) is 3.98. The predicted octanol–water partition coefficient (Wildman–Crippen LogP) is 5.85. The monoisotopic (exact) mass is 490 g/mol. The van der Waals surface area contributed by atoms with Gasteiger partial charge in [-0.2, -0.15) is 0 Å². The molecule has 3 aromatic heterocycles. The van der Waals surface area contributed by atoms with Gasteiger partial charge >= 0.3 is 0 Å². The molecule has 1 atom stereocenters. The SMILES string of the molecule is CCC(c1nnnn1C1CCCCC1)N(Cc1cccs1)Cc1cc2ccc(C)c(C)c2[nH]c1=O. The quantitative estimate of drug-likeness (QED) is 0.335. The van der Waals surface area contributed by atoms with Gasteiger partial charge in [0, 0.05) is 23.5 Å². The number of aromatic amines is 1. The van der Waals surface area contributed by atoms with Crippen molar-refractivity contribution in [3.63, 3.8) is 0 Å². The standard InChI is InChI=1S/C27H34N6OS/c1-4-24(26-29-30-31-33(26)22-9-6-5-7-10-22)32(17-23-11-8-14-35-23)16-21-15-20-13-12-18(2)19(3)25(20)28-27(21)34/h8,11-15,22,24H,4-7,9-10,16-17H2,1-3H3,(H,28,34). The van der Waals surface area contributed by atoms with Crippen LogP contribution < -0.4 is 5.56 Å². The van der Waals surface area contributed by atoms with Crippen molar-refractivity contribution in [2.45, 2.75) is 84.5 Å². The molecule has 1 aliphatic carbocycles. The third-order valence-electron chi connectivity index (χ3n) is 7.50. The lowest BCUT2D eigenvalue weighted by atomic mass is 9.95. The second kappa shape index (κ2) is 10.4. The van der Waals surface area contributed by atoms with Crippen LogP contribution in [-0.2, 0) is 13.1 Å². The average molecular weight is 491 g/mol. The Kier molecular flexibility index (Phi) is 7.11. The van der Waals surface area contributed by atoms with E-state index in [9.17, 15) is 4.79 Å². The van der Waals surface area contributed by atoms with E-state index >= 15 is 0 Å². The van der Waals surface area contributed by atoms with Gasteiger partial charge in [-0.3, -0.25) is 9.69 Å². The molecule has 8 heteroatoms. The summed E-state index contributed by atoms with van der Waals surface area (Å²) in [6.45, 7) is 7.60. The second-order valence-electron chi connectivity index (χ2n) is 9.78. The van der Waals surface area contributed by atoms with E-state index in [1.54, 1.807) is 11.3 Å². The fraction of sp³-hybridized carbons (Fsp3) is 0.481. The lowest BCUT2D eigenvalue weighted by Crippen LogP contribution is -2.33. The number of aromatic nitrogens is 5. The number of thiophene rings is 1. The lowest BCUT2D eigenvalue weighted by molar-refractivity contribution is 0.157. The van der Waals surface area contributed by atoms with Gasteiger partial charge in [0.25, 0.3) is 5.56 Å². The maximum atomic E-state index is 13.2. The summed E-state index contributed by atoms with van der Waals surface area (Å²) in [4.78, 5) is 20.0. The Balaban J connectivity index is 1.52. The van der Waals surface area contributed by atoms with Crippen LogP contribution in [0.5, 0.6) is 0 Å². The Morgan fingerprint density at radius 1 is 1.17 bits per heavy atom. The topological polar surface area (TPSA) is 79.7 Å². The third kappa shape index (κ3) is 4.95. The highest BCUT2D eigenvalue weighted by Gasteiger charge is 2.29. The van der Waals surface area contributed by atoms with Crippen LogP contribution >= 0.6 is 11.3 Å². The molecule has 1 unspecified atom stereocenters. The molecule has 0 aliphatic heterocycles. The molecule has 0 amide bonds. The summed E-state index contributed by atoms with van der Waals surface area (Å²) in [7, 11) is 0. The lowest BCUT2D eigenvalue weighted by Gasteiger charge is -2.31. The average Bonchev–Trinajstić information content (AvgIpc) is 3.56. The number of tetrazole rings is 1. The molecule has 1 saturated carbocycles. The number of hydrogen-bond acceptors (Lipinski definition) is 6. The second-order valence-corrected chi connectivity index (χ2v) is 10.8. The molecule has 1 N–H and O–H groups in total. The fourth-order valence-corrected chi connectivity index (χ4v) is 6.12. The van der Waals surface area contributed by atoms with Crippen LogP contribution in [0, 0.1) is 13.8 Å². The normalized spacial score (nSPS) is 15.8. The molecule has 1 aromatic carbocycles. The minimum atomic E-state index is -0.0240. The molecular weight excluding hydrogens is 456 g/mol. The number of H-pyrrole nitrogens is 1. The number of nitrogens with zero attached hydrogens (tertiary/aromatic N) is 5. The van der Waals surface area contributed by atoms with Crippen LogP contribution in [0.2, 0.25) is 0 Å². The first-order valence-corrected chi connectivity index (χ1v) is 13.6. The van der Waals surface area contributed by atoms with Crippen molar-refractivity contribution in [1.82, 2.24) is 30.1 Å². The van der Waals surface area contributed by atoms with Crippen molar-refractivity contribution in [3.05, 3.63) is 73.5 Å². The molecule has 1 fully saturated rings. The van der Waals surface area contributed by atoms with E-state index in [0.29, 0.717) is 12.6 Å². The molecule has 35 heavy (non-hydrogen) atoms. The highest BCUT2D eigenvalue weighted by molar-refractivity contribution is 7.09. The minimum Gasteiger partial charge on any atom is -0.321 e. The van der Waals surface area contributed by atoms with E-state index in [4.69, 9.17) is 0 Å². The van der Waals surface area contributed by atoms with Gasteiger partial charge in [-0.05, 0) is 77.6 Å². The first-order valence-electron chi connectivity index (χ1n) is 12.7. The number of aryl methyl sites for hydroxylation is 2. The van der Waals surface area contributed by atoms with Crippen LogP contribution in [0.1, 0.15) is 84.9 Å². The van der Waals surface area contributed by atoms with Gasteiger partial charge < -0.3 is 4.98 Å². The first kappa shape index (κ1) is 23.9. The summed E-state index contributed by atoms with van der Waals surface area (Å²) >= 11 is 1.74. The van der Waals surface area contributed by atoms with Crippen molar-refractivity contribution in [3.8, 4) is 0 Å². The number of benzene rings is 1. The number of rotatable bonds is 8. The van der Waals surface area contributed by atoms with Gasteiger partial charge in [0.15, 0.2) is 5.82 Å². The molecule has 0 bridgehead atoms. The highest BCUT2D eigenvalue weighted by Crippen LogP contribution is 2.33. The van der Waals surface area contributed by atoms with E-state index in [2.05, 4.69) is 86.6 Å². The molecule has 0 saturated heterocycles. The van der Waals surface area contributed by atoms with Gasteiger partial charge in [-0.1, -0.05) is 44.4 Å². The van der Waals surface area contributed by atoms with Crippen LogP contribution in [0.4, 0.5) is 0 Å². The summed E-state index contributed by atoms with van der Waals surface area (Å²) in [6.07, 6.45) is 6.86. The molecule has 0 radical (unpaired) electrons. The Morgan fingerprint density at radius 2 is 2.00 bits per heavy atom. The summed E-state index contributed by atoms with van der Waals surface area (Å²) in [5, 5.41) is 16.2. The maximum absolute atomic E-state index is 13.2. The van der Waals surface area contributed by atoms with Gasteiger partial charge in [-0.25, -0.2) is 4.68 Å². The van der Waals surface area contributed by atoms with Crippen LogP contribution in [-0.4, -0.2) is 30.1 Å². The van der Waals surface area contributed by atoms with Crippen LogP contribution in [0.15, 0.2) is 40.5 Å². The van der Waals surface area contributed by atoms with Gasteiger partial charge in [-0.15, -0.1) is 16.4 Å². The smallest absolute Gasteiger partial charge is 0.252 e. The molecular formula is C27H34N6OS. The zero-order valence-corrected chi connectivity index (χ0v) is 21.6. The summed E-state index contributed by atoms with van der Waals surface area (Å²) in [5.74, 6) is 0.916. The molecule has 3 heterocycles. The molecule has 5 rings (SSSR count). The molecule has 1 aliphatic rings. The Labute approximate surface area is 210 Å². The van der Waals surface area contributed by atoms with Crippen molar-refractivity contribution in [1.29, 1.82) is 0 Å². The molecule has 0 spiro atoms. The van der Waals surface area contributed by atoms with E-state index in [-0.39, 0.29) is 11.6 Å². The first-order chi connectivity index (χ1) is 17.0. The van der Waals surface area contributed by atoms with Gasteiger partial charge in [0.1, 0.15) is 0 Å². The predicted molar refractivity (Wildman–Crippen MR) is 141 cm³/mol. The summed E-state index contributed by atoms with van der Waals surface area (Å²) < 4.78 is 2.07.